The molecule has 0 radical (unpaired) electrons. The minimum Gasteiger partial charge on any atom is -0.383 e. The lowest BCUT2D eigenvalue weighted by atomic mass is 10.2. The van der Waals surface area contributed by atoms with E-state index in [9.17, 15) is 14.4 Å². The molecule has 2 aromatic carbocycles. The number of nitrogens with zero attached hydrogens (tertiary/aromatic N) is 1. The molecule has 0 saturated heterocycles. The van der Waals surface area contributed by atoms with Crippen LogP contribution in [-0.4, -0.2) is 51.6 Å². The molecule has 3 N–H and O–H groups in total. The number of hydrogen-bond donors (Lipinski definition) is 3. The predicted molar refractivity (Wildman–Crippen MR) is 113 cm³/mol. The van der Waals surface area contributed by atoms with E-state index >= 15 is 0 Å². The smallest absolute Gasteiger partial charge is 0.251 e. The Hall–Kier alpha value is -3.39. The van der Waals surface area contributed by atoms with Gasteiger partial charge in [0.25, 0.3) is 5.91 Å². The Morgan fingerprint density at radius 3 is 2.17 bits per heavy atom. The van der Waals surface area contributed by atoms with E-state index in [0.717, 1.165) is 11.4 Å². The molecule has 2 aromatic rings. The summed E-state index contributed by atoms with van der Waals surface area (Å²) >= 11 is 0. The molecule has 0 bridgehead atoms. The minimum atomic E-state index is -0.209. The Morgan fingerprint density at radius 2 is 1.59 bits per heavy atom. The predicted octanol–water partition coefficient (Wildman–Crippen LogP) is 2.10. The number of rotatable bonds is 9. The van der Waals surface area contributed by atoms with Crippen molar-refractivity contribution in [1.82, 2.24) is 5.32 Å². The summed E-state index contributed by atoms with van der Waals surface area (Å²) in [5, 5.41) is 8.54. The van der Waals surface area contributed by atoms with Crippen molar-refractivity contribution in [3.05, 3.63) is 54.1 Å². The highest BCUT2D eigenvalue weighted by atomic mass is 16.5. The van der Waals surface area contributed by atoms with Crippen LogP contribution < -0.4 is 20.9 Å². The molecule has 0 unspecified atom stereocenters. The zero-order chi connectivity index (χ0) is 21.2. The summed E-state index contributed by atoms with van der Waals surface area (Å²) in [7, 11) is 3.26. The quantitative estimate of drug-likeness (QED) is 0.562. The topological polar surface area (TPSA) is 99.8 Å². The summed E-state index contributed by atoms with van der Waals surface area (Å²) in [6, 6.07) is 13.9. The maximum Gasteiger partial charge on any atom is 0.251 e. The SMILES string of the molecule is COCCNC(=O)c1ccc(NCC(=O)Nc2ccc(N(C)C(C)=O)cc2)cc1. The third-order valence-corrected chi connectivity index (χ3v) is 4.20. The largest absolute Gasteiger partial charge is 0.383 e. The second-order valence-electron chi connectivity index (χ2n) is 6.35. The van der Waals surface area contributed by atoms with E-state index < -0.39 is 0 Å². The molecule has 0 aliphatic carbocycles. The molecule has 0 heterocycles. The van der Waals surface area contributed by atoms with Crippen LogP contribution in [0.5, 0.6) is 0 Å². The highest BCUT2D eigenvalue weighted by Crippen LogP contribution is 2.17. The van der Waals surface area contributed by atoms with Crippen LogP contribution in [-0.2, 0) is 14.3 Å². The van der Waals surface area contributed by atoms with Gasteiger partial charge in [-0.15, -0.1) is 0 Å². The molecule has 3 amide bonds. The molecule has 2 rings (SSSR count). The lowest BCUT2D eigenvalue weighted by molar-refractivity contribution is -0.116. The molecule has 0 aliphatic rings. The first kappa shape index (κ1) is 21.9. The van der Waals surface area contributed by atoms with Crippen molar-refractivity contribution >= 4 is 34.8 Å². The molecule has 154 valence electrons. The van der Waals surface area contributed by atoms with Crippen LogP contribution in [0.2, 0.25) is 0 Å². The van der Waals surface area contributed by atoms with Gasteiger partial charge in [-0.1, -0.05) is 0 Å². The number of ether oxygens (including phenoxy) is 1. The first-order valence-electron chi connectivity index (χ1n) is 9.16. The third-order valence-electron chi connectivity index (χ3n) is 4.20. The van der Waals surface area contributed by atoms with Gasteiger partial charge in [-0.3, -0.25) is 14.4 Å². The first-order chi connectivity index (χ1) is 13.9. The number of nitrogens with one attached hydrogen (secondary N) is 3. The van der Waals surface area contributed by atoms with Crippen LogP contribution in [0.4, 0.5) is 17.1 Å². The summed E-state index contributed by atoms with van der Waals surface area (Å²) in [5.41, 5.74) is 2.65. The van der Waals surface area contributed by atoms with Gasteiger partial charge < -0.3 is 25.6 Å². The number of amides is 3. The summed E-state index contributed by atoms with van der Waals surface area (Å²) in [4.78, 5) is 36.9. The normalized spacial score (nSPS) is 10.2. The molecular weight excluding hydrogens is 372 g/mol. The van der Waals surface area contributed by atoms with Crippen LogP contribution in [0, 0.1) is 0 Å². The van der Waals surface area contributed by atoms with Crippen LogP contribution >= 0.6 is 0 Å². The summed E-state index contributed by atoms with van der Waals surface area (Å²) < 4.78 is 4.89. The number of carbonyl (C=O) groups is 3. The van der Waals surface area contributed by atoms with Crippen LogP contribution in [0.1, 0.15) is 17.3 Å². The van der Waals surface area contributed by atoms with E-state index in [-0.39, 0.29) is 24.3 Å². The van der Waals surface area contributed by atoms with E-state index in [2.05, 4.69) is 16.0 Å². The fourth-order valence-electron chi connectivity index (χ4n) is 2.45. The van der Waals surface area contributed by atoms with Gasteiger partial charge in [0.1, 0.15) is 0 Å². The van der Waals surface area contributed by atoms with Crippen molar-refractivity contribution in [1.29, 1.82) is 0 Å². The van der Waals surface area contributed by atoms with Crippen molar-refractivity contribution in [2.24, 2.45) is 0 Å². The average Bonchev–Trinajstić information content (AvgIpc) is 2.72. The van der Waals surface area contributed by atoms with Gasteiger partial charge in [-0.25, -0.2) is 0 Å². The number of methoxy groups -OCH3 is 1. The van der Waals surface area contributed by atoms with E-state index in [1.54, 1.807) is 62.7 Å². The standard InChI is InChI=1S/C21H26N4O4/c1-15(26)25(2)19-10-8-18(9-11-19)24-20(27)14-23-17-6-4-16(5-7-17)21(28)22-12-13-29-3/h4-11,23H,12-14H2,1-3H3,(H,22,28)(H,24,27). The van der Waals surface area contributed by atoms with Crippen molar-refractivity contribution in [2.45, 2.75) is 6.92 Å². The molecule has 0 aliphatic heterocycles. The zero-order valence-electron chi connectivity index (χ0n) is 16.8. The summed E-state index contributed by atoms with van der Waals surface area (Å²) in [6.07, 6.45) is 0. The molecule has 0 spiro atoms. The fourth-order valence-corrected chi connectivity index (χ4v) is 2.45. The van der Waals surface area contributed by atoms with E-state index in [1.807, 2.05) is 0 Å². The molecule has 0 saturated carbocycles. The number of anilines is 3. The van der Waals surface area contributed by atoms with E-state index in [1.165, 1.54) is 11.8 Å². The lowest BCUT2D eigenvalue weighted by Gasteiger charge is -2.15. The molecule has 0 fully saturated rings. The fraction of sp³-hybridized carbons (Fsp3) is 0.286. The van der Waals surface area contributed by atoms with E-state index in [4.69, 9.17) is 4.74 Å². The third kappa shape index (κ3) is 6.93. The maximum absolute atomic E-state index is 12.1. The molecule has 29 heavy (non-hydrogen) atoms. The van der Waals surface area contributed by atoms with Gasteiger partial charge in [0.05, 0.1) is 13.2 Å². The molecular formula is C21H26N4O4. The highest BCUT2D eigenvalue weighted by molar-refractivity contribution is 5.96. The Balaban J connectivity index is 1.81. The van der Waals surface area contributed by atoms with Gasteiger partial charge in [-0.2, -0.15) is 0 Å². The van der Waals surface area contributed by atoms with Crippen LogP contribution in [0.3, 0.4) is 0 Å². The number of carbonyl (C=O) groups excluding carboxylic acids is 3. The average molecular weight is 398 g/mol. The molecule has 0 aromatic heterocycles. The van der Waals surface area contributed by atoms with Crippen molar-refractivity contribution < 1.29 is 19.1 Å². The van der Waals surface area contributed by atoms with Crippen LogP contribution in [0.25, 0.3) is 0 Å². The molecule has 8 nitrogen and oxygen atoms in total. The maximum atomic E-state index is 12.1. The Kier molecular flexibility index (Phi) is 8.17. The van der Waals surface area contributed by atoms with Crippen molar-refractivity contribution in [2.75, 3.05) is 49.4 Å². The highest BCUT2D eigenvalue weighted by Gasteiger charge is 2.08. The molecule has 0 atom stereocenters. The minimum absolute atomic E-state index is 0.0653. The first-order valence-corrected chi connectivity index (χ1v) is 9.16. The lowest BCUT2D eigenvalue weighted by Crippen LogP contribution is -2.26. The molecule has 8 heteroatoms. The van der Waals surface area contributed by atoms with Crippen molar-refractivity contribution in [3.8, 4) is 0 Å². The van der Waals surface area contributed by atoms with Crippen LogP contribution in [0.15, 0.2) is 48.5 Å². The van der Waals surface area contributed by atoms with Gasteiger partial charge in [-0.05, 0) is 48.5 Å². The Morgan fingerprint density at radius 1 is 0.966 bits per heavy atom. The van der Waals surface area contributed by atoms with Crippen molar-refractivity contribution in [3.63, 3.8) is 0 Å². The monoisotopic (exact) mass is 398 g/mol. The number of benzene rings is 2. The Bertz CT molecular complexity index is 835. The van der Waals surface area contributed by atoms with Gasteiger partial charge in [0.15, 0.2) is 0 Å². The Labute approximate surface area is 170 Å². The second-order valence-corrected chi connectivity index (χ2v) is 6.35. The van der Waals surface area contributed by atoms with Gasteiger partial charge >= 0.3 is 0 Å². The van der Waals surface area contributed by atoms with Gasteiger partial charge in [0, 0.05) is 50.3 Å². The second kappa shape index (κ2) is 10.8. The summed E-state index contributed by atoms with van der Waals surface area (Å²) in [5.74, 6) is -0.450. The number of hydrogen-bond acceptors (Lipinski definition) is 5. The summed E-state index contributed by atoms with van der Waals surface area (Å²) in [6.45, 7) is 2.47. The van der Waals surface area contributed by atoms with Gasteiger partial charge in [0.2, 0.25) is 11.8 Å². The van der Waals surface area contributed by atoms with E-state index in [0.29, 0.717) is 24.4 Å². The zero-order valence-corrected chi connectivity index (χ0v) is 16.8.